The van der Waals surface area contributed by atoms with E-state index in [1.807, 2.05) is 0 Å². The molecule has 9 heavy (non-hydrogen) atoms. The Morgan fingerprint density at radius 3 is 2.00 bits per heavy atom. The fourth-order valence-corrected chi connectivity index (χ4v) is 1.30. The molecule has 0 heterocycles. The summed E-state index contributed by atoms with van der Waals surface area (Å²) < 4.78 is 0. The molecule has 0 fully saturated rings. The first-order chi connectivity index (χ1) is 3.98. The minimum Gasteiger partial charge on any atom is -0.120 e. The number of rotatable bonds is 3. The van der Waals surface area contributed by atoms with E-state index in [0.717, 1.165) is 12.8 Å². The van der Waals surface area contributed by atoms with Crippen molar-refractivity contribution in [2.24, 2.45) is 5.92 Å². The highest BCUT2D eigenvalue weighted by atomic mass is 35.5. The second-order valence-corrected chi connectivity index (χ2v) is 4.28. The molecule has 0 aliphatic carbocycles. The summed E-state index contributed by atoms with van der Waals surface area (Å²) in [6.07, 6.45) is 2.18. The smallest absolute Gasteiger partial charge is 0.0418 e. The Morgan fingerprint density at radius 2 is 1.89 bits per heavy atom. The van der Waals surface area contributed by atoms with E-state index in [4.69, 9.17) is 11.6 Å². The van der Waals surface area contributed by atoms with Gasteiger partial charge in [0.05, 0.1) is 0 Å². The summed E-state index contributed by atoms with van der Waals surface area (Å²) in [7, 11) is 0. The highest BCUT2D eigenvalue weighted by molar-refractivity contribution is 6.23. The lowest BCUT2D eigenvalue weighted by Gasteiger charge is -2.21. The van der Waals surface area contributed by atoms with Crippen molar-refractivity contribution < 1.29 is 0 Å². The lowest BCUT2D eigenvalue weighted by atomic mass is 9.96. The van der Waals surface area contributed by atoms with Crippen LogP contribution >= 0.6 is 11.6 Å². The predicted octanol–water partition coefficient (Wildman–Crippen LogP) is 3.44. The molecule has 0 nitrogen and oxygen atoms in total. The standard InChI is InChI=1S/C8H17Cl/c1-5-8(4,9)6-7(2)3/h7H,5-6H2,1-4H3/t8-/m1/s1. The van der Waals surface area contributed by atoms with E-state index in [0.29, 0.717) is 5.92 Å². The van der Waals surface area contributed by atoms with Gasteiger partial charge in [0.25, 0.3) is 0 Å². The SMILES string of the molecule is CC[C@@](C)(Cl)CC(C)C. The maximum atomic E-state index is 6.12. The molecule has 0 aromatic carbocycles. The fraction of sp³-hybridized carbons (Fsp3) is 1.00. The fourth-order valence-electron chi connectivity index (χ4n) is 0.996. The summed E-state index contributed by atoms with van der Waals surface area (Å²) >= 11 is 6.12. The molecule has 0 rings (SSSR count). The minimum absolute atomic E-state index is 0.0359. The third kappa shape index (κ3) is 4.77. The molecule has 0 aliphatic heterocycles. The molecule has 0 radical (unpaired) electrons. The van der Waals surface area contributed by atoms with Crippen LogP contribution in [-0.2, 0) is 0 Å². The average Bonchev–Trinajstić information content (AvgIpc) is 1.63. The van der Waals surface area contributed by atoms with Crippen LogP contribution in [0.4, 0.5) is 0 Å². The van der Waals surface area contributed by atoms with Crippen LogP contribution in [-0.4, -0.2) is 4.87 Å². The number of halogens is 1. The van der Waals surface area contributed by atoms with Gasteiger partial charge in [0.15, 0.2) is 0 Å². The molecular formula is C8H17Cl. The van der Waals surface area contributed by atoms with Gasteiger partial charge in [-0.15, -0.1) is 11.6 Å². The summed E-state index contributed by atoms with van der Waals surface area (Å²) in [6.45, 7) is 8.65. The molecule has 0 saturated carbocycles. The zero-order chi connectivity index (χ0) is 7.49. The van der Waals surface area contributed by atoms with Crippen LogP contribution in [0.1, 0.15) is 40.5 Å². The molecule has 1 heteroatoms. The van der Waals surface area contributed by atoms with Gasteiger partial charge >= 0.3 is 0 Å². The zero-order valence-electron chi connectivity index (χ0n) is 6.87. The number of hydrogen-bond donors (Lipinski definition) is 0. The first-order valence-electron chi connectivity index (χ1n) is 3.67. The molecule has 0 saturated heterocycles. The van der Waals surface area contributed by atoms with Crippen LogP contribution in [0.3, 0.4) is 0 Å². The van der Waals surface area contributed by atoms with E-state index in [1.165, 1.54) is 0 Å². The molecule has 0 unspecified atom stereocenters. The number of alkyl halides is 1. The van der Waals surface area contributed by atoms with Crippen molar-refractivity contribution in [2.75, 3.05) is 0 Å². The molecule has 1 atom stereocenters. The maximum Gasteiger partial charge on any atom is 0.0418 e. The maximum absolute atomic E-state index is 6.12. The van der Waals surface area contributed by atoms with Crippen molar-refractivity contribution >= 4 is 11.6 Å². The lowest BCUT2D eigenvalue weighted by Crippen LogP contribution is -2.17. The first kappa shape index (κ1) is 9.29. The third-order valence-corrected chi connectivity index (χ3v) is 1.99. The van der Waals surface area contributed by atoms with Gasteiger partial charge in [0.2, 0.25) is 0 Å². The van der Waals surface area contributed by atoms with Crippen LogP contribution < -0.4 is 0 Å². The Labute approximate surface area is 63.6 Å². The normalized spacial score (nSPS) is 18.0. The lowest BCUT2D eigenvalue weighted by molar-refractivity contribution is 0.458. The molecule has 0 aromatic rings. The molecule has 0 spiro atoms. The van der Waals surface area contributed by atoms with E-state index in [-0.39, 0.29) is 4.87 Å². The van der Waals surface area contributed by atoms with Crippen molar-refractivity contribution in [3.63, 3.8) is 0 Å². The highest BCUT2D eigenvalue weighted by Gasteiger charge is 2.18. The second-order valence-electron chi connectivity index (χ2n) is 3.36. The van der Waals surface area contributed by atoms with Gasteiger partial charge in [-0.1, -0.05) is 20.8 Å². The van der Waals surface area contributed by atoms with Crippen molar-refractivity contribution in [3.05, 3.63) is 0 Å². The Kier molecular flexibility index (Phi) is 3.57. The molecule has 56 valence electrons. The average molecular weight is 149 g/mol. The number of hydrogen-bond acceptors (Lipinski definition) is 0. The van der Waals surface area contributed by atoms with Gasteiger partial charge in [-0.05, 0) is 25.7 Å². The van der Waals surface area contributed by atoms with Crippen LogP contribution in [0, 0.1) is 5.92 Å². The summed E-state index contributed by atoms with van der Waals surface area (Å²) in [5.74, 6) is 0.715. The summed E-state index contributed by atoms with van der Waals surface area (Å²) in [6, 6.07) is 0. The van der Waals surface area contributed by atoms with Gasteiger partial charge in [-0.3, -0.25) is 0 Å². The Hall–Kier alpha value is 0.290. The monoisotopic (exact) mass is 148 g/mol. The van der Waals surface area contributed by atoms with E-state index < -0.39 is 0 Å². The predicted molar refractivity (Wildman–Crippen MR) is 44.0 cm³/mol. The summed E-state index contributed by atoms with van der Waals surface area (Å²) in [4.78, 5) is 0.0359. The second kappa shape index (κ2) is 3.46. The quantitative estimate of drug-likeness (QED) is 0.538. The van der Waals surface area contributed by atoms with Crippen LogP contribution in [0.2, 0.25) is 0 Å². The van der Waals surface area contributed by atoms with E-state index >= 15 is 0 Å². The van der Waals surface area contributed by atoms with E-state index in [9.17, 15) is 0 Å². The van der Waals surface area contributed by atoms with Crippen LogP contribution in [0.25, 0.3) is 0 Å². The molecule has 0 N–H and O–H groups in total. The van der Waals surface area contributed by atoms with E-state index in [2.05, 4.69) is 27.7 Å². The molecule has 0 bridgehead atoms. The molecular weight excluding hydrogens is 132 g/mol. The van der Waals surface area contributed by atoms with Crippen molar-refractivity contribution in [3.8, 4) is 0 Å². The van der Waals surface area contributed by atoms with Gasteiger partial charge in [0.1, 0.15) is 0 Å². The van der Waals surface area contributed by atoms with Gasteiger partial charge in [-0.25, -0.2) is 0 Å². The van der Waals surface area contributed by atoms with Gasteiger partial charge in [0, 0.05) is 4.87 Å². The molecule has 0 aliphatic rings. The van der Waals surface area contributed by atoms with Crippen molar-refractivity contribution in [2.45, 2.75) is 45.4 Å². The molecule has 0 amide bonds. The van der Waals surface area contributed by atoms with E-state index in [1.54, 1.807) is 0 Å². The summed E-state index contributed by atoms with van der Waals surface area (Å²) in [5.41, 5.74) is 0. The topological polar surface area (TPSA) is 0 Å². The summed E-state index contributed by atoms with van der Waals surface area (Å²) in [5, 5.41) is 0. The minimum atomic E-state index is 0.0359. The van der Waals surface area contributed by atoms with Crippen molar-refractivity contribution in [1.82, 2.24) is 0 Å². The zero-order valence-corrected chi connectivity index (χ0v) is 7.63. The third-order valence-electron chi connectivity index (χ3n) is 1.57. The molecule has 0 aromatic heterocycles. The van der Waals surface area contributed by atoms with Gasteiger partial charge < -0.3 is 0 Å². The van der Waals surface area contributed by atoms with Crippen molar-refractivity contribution in [1.29, 1.82) is 0 Å². The van der Waals surface area contributed by atoms with Crippen LogP contribution in [0.15, 0.2) is 0 Å². The first-order valence-corrected chi connectivity index (χ1v) is 4.04. The Balaban J connectivity index is 3.58. The van der Waals surface area contributed by atoms with Gasteiger partial charge in [-0.2, -0.15) is 0 Å². The Morgan fingerprint density at radius 1 is 1.44 bits per heavy atom. The highest BCUT2D eigenvalue weighted by Crippen LogP contribution is 2.26. The Bertz CT molecular complexity index is 74.6. The van der Waals surface area contributed by atoms with Crippen LogP contribution in [0.5, 0.6) is 0 Å². The largest absolute Gasteiger partial charge is 0.120 e.